The number of ether oxygens (including phenoxy) is 1. The molecule has 2 atom stereocenters. The number of rotatable bonds is 4. The van der Waals surface area contributed by atoms with Gasteiger partial charge < -0.3 is 30.9 Å². The molecule has 0 bridgehead atoms. The lowest BCUT2D eigenvalue weighted by Gasteiger charge is -2.21. The number of aliphatic carboxylic acids is 1. The number of nitrogens with zero attached hydrogens (tertiary/aromatic N) is 1. The molecular weight excluding hydrogens is 246 g/mol. The van der Waals surface area contributed by atoms with E-state index >= 15 is 0 Å². The van der Waals surface area contributed by atoms with Gasteiger partial charge in [-0.15, -0.1) is 0 Å². The van der Waals surface area contributed by atoms with Crippen LogP contribution in [0.2, 0.25) is 0 Å². The van der Waals surface area contributed by atoms with Crippen molar-refractivity contribution in [2.24, 2.45) is 5.73 Å². The normalized spacial score (nSPS) is 22.6. The Bertz CT molecular complexity index is 347. The minimum atomic E-state index is -1.17. The second-order valence-corrected chi connectivity index (χ2v) is 3.80. The maximum Gasteiger partial charge on any atom is 0.404 e. The lowest BCUT2D eigenvalue weighted by atomic mass is 10.2. The van der Waals surface area contributed by atoms with Gasteiger partial charge in [-0.2, -0.15) is 0 Å². The molecule has 102 valence electrons. The van der Waals surface area contributed by atoms with Crippen molar-refractivity contribution in [3.63, 3.8) is 0 Å². The summed E-state index contributed by atoms with van der Waals surface area (Å²) in [4.78, 5) is 33.8. The summed E-state index contributed by atoms with van der Waals surface area (Å²) in [6, 6.07) is -1.68. The number of nitrogens with two attached hydrogens (primary N) is 1. The van der Waals surface area contributed by atoms with E-state index in [1.807, 2.05) is 0 Å². The number of β-amino-alcohol motifs (C(OH)–C–C–N with tert-alkyl or cyclic N) is 1. The van der Waals surface area contributed by atoms with Gasteiger partial charge in [0.25, 0.3) is 0 Å². The number of nitrogens with one attached hydrogen (secondary N) is 1. The van der Waals surface area contributed by atoms with Crippen LogP contribution in [0.15, 0.2) is 0 Å². The summed E-state index contributed by atoms with van der Waals surface area (Å²) in [6.07, 6.45) is -1.80. The van der Waals surface area contributed by atoms with Crippen LogP contribution in [0, 0.1) is 0 Å². The molecule has 1 saturated heterocycles. The van der Waals surface area contributed by atoms with Gasteiger partial charge in [0.2, 0.25) is 0 Å². The number of carbonyl (C=O) groups is 3. The van der Waals surface area contributed by atoms with E-state index < -0.39 is 30.2 Å². The molecule has 3 amide bonds. The predicted molar refractivity (Wildman–Crippen MR) is 57.7 cm³/mol. The second-order valence-electron chi connectivity index (χ2n) is 3.80. The highest BCUT2D eigenvalue weighted by atomic mass is 16.5. The first-order valence-corrected chi connectivity index (χ1v) is 5.29. The number of urea groups is 1. The van der Waals surface area contributed by atoms with Gasteiger partial charge >= 0.3 is 18.1 Å². The molecule has 0 saturated carbocycles. The van der Waals surface area contributed by atoms with Crippen LogP contribution in [0.25, 0.3) is 0 Å². The molecule has 0 aromatic rings. The van der Waals surface area contributed by atoms with Crippen LogP contribution in [0.3, 0.4) is 0 Å². The molecule has 18 heavy (non-hydrogen) atoms. The van der Waals surface area contributed by atoms with E-state index in [2.05, 4.69) is 10.1 Å². The molecular formula is C9H15N3O6. The van der Waals surface area contributed by atoms with Gasteiger partial charge in [0.1, 0.15) is 12.6 Å². The zero-order valence-corrected chi connectivity index (χ0v) is 9.54. The maximum absolute atomic E-state index is 11.6. The fraction of sp³-hybridized carbons (Fsp3) is 0.667. The standard InChI is InChI=1S/C9H15N3O6/c10-8(16)18-2-1-11-9(17)12-4-5(13)3-6(12)7(14)15/h5-6,13H,1-4H2,(H2,10,16)(H,11,17)(H,14,15)/t5-,6+/m1/s1. The second kappa shape index (κ2) is 6.05. The van der Waals surface area contributed by atoms with Crippen LogP contribution in [0.1, 0.15) is 6.42 Å². The highest BCUT2D eigenvalue weighted by molar-refractivity contribution is 5.83. The number of likely N-dealkylation sites (tertiary alicyclic amines) is 1. The van der Waals surface area contributed by atoms with Crippen molar-refractivity contribution in [3.8, 4) is 0 Å². The van der Waals surface area contributed by atoms with E-state index in [-0.39, 0.29) is 26.1 Å². The lowest BCUT2D eigenvalue weighted by molar-refractivity contribution is -0.141. The average molecular weight is 261 g/mol. The van der Waals surface area contributed by atoms with E-state index in [1.54, 1.807) is 0 Å². The van der Waals surface area contributed by atoms with Crippen molar-refractivity contribution in [1.29, 1.82) is 0 Å². The Hall–Kier alpha value is -2.03. The number of aliphatic hydroxyl groups excluding tert-OH is 1. The van der Waals surface area contributed by atoms with Crippen LogP contribution in [-0.4, -0.2) is 65.0 Å². The predicted octanol–water partition coefficient (Wildman–Crippen LogP) is -1.69. The van der Waals surface area contributed by atoms with Gasteiger partial charge in [-0.05, 0) is 0 Å². The van der Waals surface area contributed by atoms with Gasteiger partial charge in [0.15, 0.2) is 0 Å². The zero-order chi connectivity index (χ0) is 13.7. The van der Waals surface area contributed by atoms with Gasteiger partial charge in [0.05, 0.1) is 12.6 Å². The van der Waals surface area contributed by atoms with Crippen LogP contribution >= 0.6 is 0 Å². The summed E-state index contributed by atoms with van der Waals surface area (Å²) in [5.41, 5.74) is 4.72. The van der Waals surface area contributed by atoms with Crippen molar-refractivity contribution in [3.05, 3.63) is 0 Å². The minimum absolute atomic E-state index is 0.000535. The molecule has 0 radical (unpaired) electrons. The first kappa shape index (κ1) is 14.0. The number of hydrogen-bond acceptors (Lipinski definition) is 5. The van der Waals surface area contributed by atoms with E-state index in [1.165, 1.54) is 0 Å². The third kappa shape index (κ3) is 3.77. The molecule has 1 aliphatic heterocycles. The summed E-state index contributed by atoms with van der Waals surface area (Å²) in [5, 5.41) is 20.6. The molecule has 0 aromatic carbocycles. The summed E-state index contributed by atoms with van der Waals surface area (Å²) in [5.74, 6) is -1.17. The molecule has 9 nitrogen and oxygen atoms in total. The van der Waals surface area contributed by atoms with Crippen LogP contribution in [0.4, 0.5) is 9.59 Å². The summed E-state index contributed by atoms with van der Waals surface area (Å²) < 4.78 is 4.39. The van der Waals surface area contributed by atoms with Crippen molar-refractivity contribution in [2.75, 3.05) is 19.7 Å². The monoisotopic (exact) mass is 261 g/mol. The Kier molecular flexibility index (Phi) is 4.72. The molecule has 1 rings (SSSR count). The number of carbonyl (C=O) groups excluding carboxylic acids is 2. The van der Waals surface area contributed by atoms with Crippen molar-refractivity contribution >= 4 is 18.1 Å². The van der Waals surface area contributed by atoms with Gasteiger partial charge in [-0.3, -0.25) is 0 Å². The molecule has 0 spiro atoms. The summed E-state index contributed by atoms with van der Waals surface area (Å²) in [6.45, 7) is -0.130. The third-order valence-corrected chi connectivity index (χ3v) is 2.45. The highest BCUT2D eigenvalue weighted by Crippen LogP contribution is 2.17. The summed E-state index contributed by atoms with van der Waals surface area (Å²) in [7, 11) is 0. The number of hydrogen-bond donors (Lipinski definition) is 4. The number of carboxylic acids is 1. The smallest absolute Gasteiger partial charge is 0.404 e. The maximum atomic E-state index is 11.6. The number of primary amides is 1. The van der Waals surface area contributed by atoms with Gasteiger partial charge in [-0.1, -0.05) is 0 Å². The first-order valence-electron chi connectivity index (χ1n) is 5.29. The Labute approximate surface area is 102 Å². The molecule has 1 heterocycles. The molecule has 1 aliphatic rings. The first-order chi connectivity index (χ1) is 8.41. The highest BCUT2D eigenvalue weighted by Gasteiger charge is 2.38. The molecule has 9 heteroatoms. The van der Waals surface area contributed by atoms with E-state index in [0.29, 0.717) is 0 Å². The molecule has 5 N–H and O–H groups in total. The topological polar surface area (TPSA) is 142 Å². The number of aliphatic hydroxyl groups is 1. The van der Waals surface area contributed by atoms with E-state index in [0.717, 1.165) is 4.90 Å². The Morgan fingerprint density at radius 1 is 1.44 bits per heavy atom. The average Bonchev–Trinajstić information content (AvgIpc) is 2.66. The SMILES string of the molecule is NC(=O)OCCNC(=O)N1C[C@H](O)C[C@H]1C(=O)O. The van der Waals surface area contributed by atoms with Gasteiger partial charge in [-0.25, -0.2) is 14.4 Å². The van der Waals surface area contributed by atoms with Crippen LogP contribution < -0.4 is 11.1 Å². The fourth-order valence-electron chi connectivity index (χ4n) is 1.68. The van der Waals surface area contributed by atoms with Crippen LogP contribution in [-0.2, 0) is 9.53 Å². The van der Waals surface area contributed by atoms with Gasteiger partial charge in [0, 0.05) is 13.0 Å². The minimum Gasteiger partial charge on any atom is -0.480 e. The Morgan fingerprint density at radius 3 is 2.67 bits per heavy atom. The van der Waals surface area contributed by atoms with E-state index in [4.69, 9.17) is 10.8 Å². The molecule has 1 fully saturated rings. The fourth-order valence-corrected chi connectivity index (χ4v) is 1.68. The molecule has 0 unspecified atom stereocenters. The Morgan fingerprint density at radius 2 is 2.11 bits per heavy atom. The van der Waals surface area contributed by atoms with Crippen molar-refractivity contribution in [2.45, 2.75) is 18.6 Å². The number of carboxylic acid groups (broad SMARTS) is 1. The third-order valence-electron chi connectivity index (χ3n) is 2.45. The lowest BCUT2D eigenvalue weighted by Crippen LogP contribution is -2.47. The van der Waals surface area contributed by atoms with E-state index in [9.17, 15) is 19.5 Å². The Balaban J connectivity index is 2.40. The van der Waals surface area contributed by atoms with Crippen molar-refractivity contribution in [1.82, 2.24) is 10.2 Å². The van der Waals surface area contributed by atoms with Crippen LogP contribution in [0.5, 0.6) is 0 Å². The molecule has 0 aromatic heterocycles. The zero-order valence-electron chi connectivity index (χ0n) is 9.54. The number of amides is 3. The quantitative estimate of drug-likeness (QED) is 0.445. The molecule has 0 aliphatic carbocycles. The van der Waals surface area contributed by atoms with Crippen molar-refractivity contribution < 1.29 is 29.3 Å². The summed E-state index contributed by atoms with van der Waals surface area (Å²) >= 11 is 0. The largest absolute Gasteiger partial charge is 0.480 e.